The fraction of sp³-hybridized carbons (Fsp3) is 0.147. The van der Waals surface area contributed by atoms with E-state index >= 15 is 0 Å². The Bertz CT molecular complexity index is 1650. The van der Waals surface area contributed by atoms with Crippen molar-refractivity contribution >= 4 is 46.8 Å². The number of esters is 1. The summed E-state index contributed by atoms with van der Waals surface area (Å²) in [7, 11) is 0. The monoisotopic (exact) mass is 560 g/mol. The van der Waals surface area contributed by atoms with Crippen molar-refractivity contribution in [2.24, 2.45) is 11.8 Å². The van der Waals surface area contributed by atoms with Gasteiger partial charge in [-0.05, 0) is 41.0 Å². The van der Waals surface area contributed by atoms with Gasteiger partial charge < -0.3 is 9.64 Å². The summed E-state index contributed by atoms with van der Waals surface area (Å²) in [4.78, 5) is 45.5. The molecule has 0 saturated carbocycles. The van der Waals surface area contributed by atoms with E-state index in [0.717, 1.165) is 22.4 Å². The van der Waals surface area contributed by atoms with Gasteiger partial charge in [-0.3, -0.25) is 9.59 Å². The standard InChI is InChI=1S/C34H25ClN2O4/c35-24-15-9-16-25(20-24)36-32(38)28-27-19-18-21-10-7-8-17-26(21)37(27)30(29(28)33(36)39)34(40)41-31(22-11-3-1-4-12-22)23-13-5-2-6-14-23/h1-20,27-31H. The van der Waals surface area contributed by atoms with Crippen LogP contribution in [0.1, 0.15) is 22.8 Å². The quantitative estimate of drug-likeness (QED) is 0.219. The summed E-state index contributed by atoms with van der Waals surface area (Å²) >= 11 is 6.22. The summed E-state index contributed by atoms with van der Waals surface area (Å²) in [5, 5.41) is 0.415. The normalized spacial score (nSPS) is 22.5. The maximum absolute atomic E-state index is 14.4. The molecule has 41 heavy (non-hydrogen) atoms. The van der Waals surface area contributed by atoms with Crippen molar-refractivity contribution in [3.63, 3.8) is 0 Å². The molecule has 0 radical (unpaired) electrons. The summed E-state index contributed by atoms with van der Waals surface area (Å²) in [5.74, 6) is -3.02. The first-order valence-electron chi connectivity index (χ1n) is 13.5. The molecule has 6 nitrogen and oxygen atoms in total. The molecule has 4 atom stereocenters. The zero-order valence-electron chi connectivity index (χ0n) is 21.8. The van der Waals surface area contributed by atoms with E-state index in [1.54, 1.807) is 24.3 Å². The lowest BCUT2D eigenvalue weighted by atomic mass is 9.88. The van der Waals surface area contributed by atoms with Crippen LogP contribution in [0.5, 0.6) is 0 Å². The van der Waals surface area contributed by atoms with Crippen LogP contribution in [-0.4, -0.2) is 29.9 Å². The van der Waals surface area contributed by atoms with E-state index in [2.05, 4.69) is 0 Å². The minimum atomic E-state index is -1.01. The highest BCUT2D eigenvalue weighted by Gasteiger charge is 2.65. The summed E-state index contributed by atoms with van der Waals surface area (Å²) in [5.41, 5.74) is 3.73. The van der Waals surface area contributed by atoms with E-state index in [-0.39, 0.29) is 5.91 Å². The summed E-state index contributed by atoms with van der Waals surface area (Å²) in [6.07, 6.45) is 3.19. The molecule has 0 aromatic heterocycles. The minimum absolute atomic E-state index is 0.348. The Hall–Kier alpha value is -4.68. The third-order valence-electron chi connectivity index (χ3n) is 8.16. The number of para-hydroxylation sites is 1. The smallest absolute Gasteiger partial charge is 0.330 e. The number of hydrogen-bond acceptors (Lipinski definition) is 5. The molecule has 3 aliphatic heterocycles. The molecule has 0 aliphatic carbocycles. The van der Waals surface area contributed by atoms with E-state index in [0.29, 0.717) is 10.7 Å². The third kappa shape index (κ3) is 4.14. The van der Waals surface area contributed by atoms with Crippen molar-refractivity contribution in [2.75, 3.05) is 9.80 Å². The fourth-order valence-corrected chi connectivity index (χ4v) is 6.61. The number of fused-ring (bicyclic) bond motifs is 5. The zero-order valence-corrected chi connectivity index (χ0v) is 22.6. The number of benzene rings is 4. The molecule has 2 amide bonds. The number of nitrogens with zero attached hydrogens (tertiary/aromatic N) is 2. The molecule has 7 rings (SSSR count). The van der Waals surface area contributed by atoms with E-state index < -0.39 is 41.9 Å². The maximum Gasteiger partial charge on any atom is 0.330 e. The van der Waals surface area contributed by atoms with Crippen molar-refractivity contribution in [2.45, 2.75) is 18.2 Å². The maximum atomic E-state index is 14.4. The molecule has 7 heteroatoms. The van der Waals surface area contributed by atoms with Crippen molar-refractivity contribution < 1.29 is 19.1 Å². The van der Waals surface area contributed by atoms with E-state index in [9.17, 15) is 14.4 Å². The van der Waals surface area contributed by atoms with Crippen LogP contribution in [0.15, 0.2) is 115 Å². The van der Waals surface area contributed by atoms with Gasteiger partial charge in [0.05, 0.1) is 23.6 Å². The first-order valence-corrected chi connectivity index (χ1v) is 13.9. The van der Waals surface area contributed by atoms with Crippen molar-refractivity contribution in [3.8, 4) is 0 Å². The molecule has 0 N–H and O–H groups in total. The molecule has 2 saturated heterocycles. The largest absolute Gasteiger partial charge is 0.451 e. The Kier molecular flexibility index (Phi) is 6.20. The predicted octanol–water partition coefficient (Wildman–Crippen LogP) is 6.06. The van der Waals surface area contributed by atoms with Gasteiger partial charge in [-0.2, -0.15) is 0 Å². The number of anilines is 2. The summed E-state index contributed by atoms with van der Waals surface area (Å²) in [6.45, 7) is 0. The average molecular weight is 561 g/mol. The molecule has 0 spiro atoms. The highest BCUT2D eigenvalue weighted by molar-refractivity contribution is 6.31. The third-order valence-corrected chi connectivity index (χ3v) is 8.40. The van der Waals surface area contributed by atoms with Crippen molar-refractivity contribution in [1.82, 2.24) is 0 Å². The SMILES string of the molecule is O=C(OC(c1ccccc1)c1ccccc1)C1C2C(=O)N(c3cccc(Cl)c3)C(=O)C2C2C=Cc3ccccc3N21. The van der Waals surface area contributed by atoms with Crippen LogP contribution < -0.4 is 9.80 Å². The van der Waals surface area contributed by atoms with Crippen molar-refractivity contribution in [3.05, 3.63) is 137 Å². The van der Waals surface area contributed by atoms with Crippen molar-refractivity contribution in [1.29, 1.82) is 0 Å². The highest BCUT2D eigenvalue weighted by Crippen LogP contribution is 2.50. The summed E-state index contributed by atoms with van der Waals surface area (Å²) < 4.78 is 6.31. The minimum Gasteiger partial charge on any atom is -0.451 e. The van der Waals surface area contributed by atoms with Gasteiger partial charge in [0.1, 0.15) is 6.04 Å². The number of hydrogen-bond donors (Lipinski definition) is 0. The van der Waals surface area contributed by atoms with Gasteiger partial charge in [0.15, 0.2) is 6.10 Å². The molecule has 4 unspecified atom stereocenters. The molecular weight excluding hydrogens is 536 g/mol. The summed E-state index contributed by atoms with van der Waals surface area (Å²) in [6, 6.07) is 31.9. The first kappa shape index (κ1) is 25.3. The van der Waals surface area contributed by atoms with E-state index in [1.165, 1.54) is 4.90 Å². The van der Waals surface area contributed by atoms with Gasteiger partial charge in [-0.25, -0.2) is 9.69 Å². The molecule has 3 aliphatic rings. The molecule has 4 aromatic carbocycles. The van der Waals surface area contributed by atoms with Crippen LogP contribution >= 0.6 is 11.6 Å². The second kappa shape index (κ2) is 10.1. The number of halogens is 1. The van der Waals surface area contributed by atoms with Crippen LogP contribution in [0.4, 0.5) is 11.4 Å². The second-order valence-corrected chi connectivity index (χ2v) is 10.9. The van der Waals surface area contributed by atoms with Gasteiger partial charge >= 0.3 is 5.97 Å². The Morgan fingerprint density at radius 2 is 1.39 bits per heavy atom. The lowest BCUT2D eigenvalue weighted by molar-refractivity contribution is -0.151. The van der Waals surface area contributed by atoms with Crippen LogP contribution in [0.25, 0.3) is 6.08 Å². The van der Waals surface area contributed by atoms with Gasteiger partial charge in [-0.1, -0.05) is 109 Å². The number of rotatable bonds is 5. The average Bonchev–Trinajstić information content (AvgIpc) is 3.49. The number of carbonyl (C=O) groups is 3. The van der Waals surface area contributed by atoms with Gasteiger partial charge in [0, 0.05) is 10.7 Å². The number of imide groups is 1. The van der Waals surface area contributed by atoms with Crippen LogP contribution in [0, 0.1) is 11.8 Å². The zero-order chi connectivity index (χ0) is 28.1. The Morgan fingerprint density at radius 1 is 0.756 bits per heavy atom. The first-order chi connectivity index (χ1) is 20.0. The Morgan fingerprint density at radius 3 is 2.07 bits per heavy atom. The highest BCUT2D eigenvalue weighted by atomic mass is 35.5. The Balaban J connectivity index is 1.32. The molecule has 4 aromatic rings. The van der Waals surface area contributed by atoms with Crippen LogP contribution in [-0.2, 0) is 19.1 Å². The number of carbonyl (C=O) groups excluding carboxylic acids is 3. The lowest BCUT2D eigenvalue weighted by Crippen LogP contribution is -2.49. The molecule has 2 fully saturated rings. The van der Waals surface area contributed by atoms with E-state index in [1.807, 2.05) is 102 Å². The van der Waals surface area contributed by atoms with E-state index in [4.69, 9.17) is 16.3 Å². The molecule has 202 valence electrons. The van der Waals surface area contributed by atoms with Crippen LogP contribution in [0.2, 0.25) is 5.02 Å². The lowest BCUT2D eigenvalue weighted by Gasteiger charge is -2.36. The topological polar surface area (TPSA) is 66.9 Å². The predicted molar refractivity (Wildman–Crippen MR) is 157 cm³/mol. The fourth-order valence-electron chi connectivity index (χ4n) is 6.42. The van der Waals surface area contributed by atoms with Gasteiger partial charge in [0.2, 0.25) is 11.8 Å². The number of ether oxygens (including phenoxy) is 1. The molecule has 3 heterocycles. The van der Waals surface area contributed by atoms with Gasteiger partial charge in [0.25, 0.3) is 0 Å². The second-order valence-electron chi connectivity index (χ2n) is 10.4. The van der Waals surface area contributed by atoms with Crippen LogP contribution in [0.3, 0.4) is 0 Å². The molecule has 0 bridgehead atoms. The Labute approximate surface area is 242 Å². The number of amides is 2. The van der Waals surface area contributed by atoms with Gasteiger partial charge in [-0.15, -0.1) is 0 Å². The molecular formula is C34H25ClN2O4.